The molecule has 0 aliphatic carbocycles. The minimum Gasteiger partial charge on any atom is -0.457 e. The van der Waals surface area contributed by atoms with E-state index < -0.39 is 21.8 Å². The van der Waals surface area contributed by atoms with Gasteiger partial charge in [-0.15, -0.1) is 0 Å². The molecule has 1 unspecified atom stereocenters. The van der Waals surface area contributed by atoms with Crippen molar-refractivity contribution < 1.29 is 22.4 Å². The summed E-state index contributed by atoms with van der Waals surface area (Å²) in [5.74, 6) is -0.237. The van der Waals surface area contributed by atoms with Crippen molar-refractivity contribution in [3.8, 4) is 0 Å². The molecule has 1 atom stereocenters. The molecule has 2 aromatic rings. The summed E-state index contributed by atoms with van der Waals surface area (Å²) in [4.78, 5) is 25.8. The Hall–Kier alpha value is -2.61. The van der Waals surface area contributed by atoms with E-state index in [-0.39, 0.29) is 30.5 Å². The number of rotatable bonds is 4. The smallest absolute Gasteiger partial charge is 0.244 e. The highest BCUT2D eigenvalue weighted by Crippen LogP contribution is 2.19. The van der Waals surface area contributed by atoms with Gasteiger partial charge in [0.15, 0.2) is 9.84 Å². The van der Waals surface area contributed by atoms with Crippen LogP contribution in [0.15, 0.2) is 40.8 Å². The van der Waals surface area contributed by atoms with Crippen molar-refractivity contribution in [3.63, 3.8) is 0 Å². The van der Waals surface area contributed by atoms with Gasteiger partial charge in [0.05, 0.1) is 11.5 Å². The number of para-hydroxylation sites is 1. The highest BCUT2D eigenvalue weighted by molar-refractivity contribution is 7.91. The van der Waals surface area contributed by atoms with Crippen LogP contribution in [0.4, 0.5) is 0 Å². The van der Waals surface area contributed by atoms with Crippen LogP contribution in [-0.4, -0.2) is 55.8 Å². The maximum Gasteiger partial charge on any atom is 0.244 e. The van der Waals surface area contributed by atoms with Gasteiger partial charge in [0, 0.05) is 24.6 Å². The summed E-state index contributed by atoms with van der Waals surface area (Å²) < 4.78 is 28.4. The molecule has 0 radical (unpaired) electrons. The number of benzene rings is 1. The summed E-state index contributed by atoms with van der Waals surface area (Å²) in [6, 6.07) is 8.61. The second kappa shape index (κ2) is 7.33. The molecule has 2 amide bonds. The fourth-order valence-corrected chi connectivity index (χ4v) is 3.97. The highest BCUT2D eigenvalue weighted by atomic mass is 32.2. The van der Waals surface area contributed by atoms with Gasteiger partial charge in [0.1, 0.15) is 17.4 Å². The van der Waals surface area contributed by atoms with Crippen molar-refractivity contribution in [2.45, 2.75) is 13.0 Å². The number of hydrogen-bond acceptors (Lipinski definition) is 5. The topological polar surface area (TPSA) is 96.7 Å². The maximum atomic E-state index is 12.3. The van der Waals surface area contributed by atoms with Crippen molar-refractivity contribution >= 4 is 38.7 Å². The van der Waals surface area contributed by atoms with Gasteiger partial charge in [-0.1, -0.05) is 18.2 Å². The molecule has 2 heterocycles. The van der Waals surface area contributed by atoms with E-state index in [2.05, 4.69) is 5.32 Å². The Morgan fingerprint density at radius 3 is 2.62 bits per heavy atom. The molecule has 0 saturated carbocycles. The lowest BCUT2D eigenvalue weighted by Gasteiger charge is -2.29. The summed E-state index contributed by atoms with van der Waals surface area (Å²) in [7, 11) is -3.05. The highest BCUT2D eigenvalue weighted by Gasteiger charge is 2.28. The van der Waals surface area contributed by atoms with Gasteiger partial charge in [0.25, 0.3) is 0 Å². The van der Waals surface area contributed by atoms with Gasteiger partial charge in [-0.2, -0.15) is 0 Å². The molecule has 1 aromatic carbocycles. The molecule has 1 saturated heterocycles. The predicted octanol–water partition coefficient (Wildman–Crippen LogP) is 1.21. The number of carbonyl (C=O) groups excluding carboxylic acids is 2. The Balaban J connectivity index is 1.56. The number of amides is 2. The van der Waals surface area contributed by atoms with Crippen LogP contribution in [0.5, 0.6) is 0 Å². The predicted molar refractivity (Wildman–Crippen MR) is 98.1 cm³/mol. The third kappa shape index (κ3) is 4.32. The first kappa shape index (κ1) is 18.2. The Morgan fingerprint density at radius 2 is 1.92 bits per heavy atom. The normalized spacial score (nSPS) is 18.1. The lowest BCUT2D eigenvalue weighted by Crippen LogP contribution is -2.51. The number of nitrogens with one attached hydrogen (secondary N) is 1. The fraction of sp³-hybridized carbons (Fsp3) is 0.333. The number of nitrogens with zero attached hydrogens (tertiary/aromatic N) is 1. The van der Waals surface area contributed by atoms with E-state index >= 15 is 0 Å². The molecule has 1 fully saturated rings. The lowest BCUT2D eigenvalue weighted by atomic mass is 10.2. The summed E-state index contributed by atoms with van der Waals surface area (Å²) in [5.41, 5.74) is 0.733. The zero-order chi connectivity index (χ0) is 18.7. The van der Waals surface area contributed by atoms with Crippen LogP contribution < -0.4 is 5.32 Å². The first-order chi connectivity index (χ1) is 12.3. The number of sulfone groups is 1. The largest absolute Gasteiger partial charge is 0.457 e. The van der Waals surface area contributed by atoms with E-state index in [0.717, 1.165) is 11.0 Å². The average Bonchev–Trinajstić information content (AvgIpc) is 3.02. The van der Waals surface area contributed by atoms with Gasteiger partial charge in [-0.05, 0) is 25.1 Å². The van der Waals surface area contributed by atoms with E-state index in [0.29, 0.717) is 5.76 Å². The van der Waals surface area contributed by atoms with Crippen molar-refractivity contribution in [1.82, 2.24) is 10.2 Å². The Bertz CT molecular complexity index is 914. The van der Waals surface area contributed by atoms with Crippen molar-refractivity contribution in [2.24, 2.45) is 0 Å². The lowest BCUT2D eigenvalue weighted by molar-refractivity contribution is -0.134. The third-order valence-electron chi connectivity index (χ3n) is 4.23. The van der Waals surface area contributed by atoms with E-state index in [1.54, 1.807) is 13.0 Å². The molecule has 1 aromatic heterocycles. The Morgan fingerprint density at radius 1 is 1.23 bits per heavy atom. The van der Waals surface area contributed by atoms with Crippen LogP contribution in [0.25, 0.3) is 17.0 Å². The SMILES string of the molecule is CC(NC(=O)C=Cc1cc2ccccc2o1)C(=O)N1CCS(=O)(=O)CC1. The van der Waals surface area contributed by atoms with Gasteiger partial charge in [-0.3, -0.25) is 9.59 Å². The van der Waals surface area contributed by atoms with E-state index in [1.807, 2.05) is 30.3 Å². The Labute approximate surface area is 151 Å². The second-order valence-corrected chi connectivity index (χ2v) is 8.53. The molecule has 0 spiro atoms. The third-order valence-corrected chi connectivity index (χ3v) is 5.84. The molecule has 138 valence electrons. The quantitative estimate of drug-likeness (QED) is 0.809. The maximum absolute atomic E-state index is 12.3. The molecule has 3 rings (SSSR count). The van der Waals surface area contributed by atoms with Crippen LogP contribution in [0.2, 0.25) is 0 Å². The van der Waals surface area contributed by atoms with Crippen LogP contribution >= 0.6 is 0 Å². The zero-order valence-electron chi connectivity index (χ0n) is 14.3. The summed E-state index contributed by atoms with van der Waals surface area (Å²) in [5, 5.41) is 3.53. The molecular weight excluding hydrogens is 356 g/mol. The van der Waals surface area contributed by atoms with Crippen LogP contribution in [0.3, 0.4) is 0 Å². The minimum absolute atomic E-state index is 0.0363. The van der Waals surface area contributed by atoms with E-state index in [9.17, 15) is 18.0 Å². The zero-order valence-corrected chi connectivity index (χ0v) is 15.2. The molecular formula is C18H20N2O5S. The van der Waals surface area contributed by atoms with Gasteiger partial charge >= 0.3 is 0 Å². The van der Waals surface area contributed by atoms with E-state index in [4.69, 9.17) is 4.42 Å². The average molecular weight is 376 g/mol. The second-order valence-electron chi connectivity index (χ2n) is 6.23. The van der Waals surface area contributed by atoms with Gasteiger partial charge < -0.3 is 14.6 Å². The van der Waals surface area contributed by atoms with Gasteiger partial charge in [-0.25, -0.2) is 8.42 Å². The number of carbonyl (C=O) groups is 2. The van der Waals surface area contributed by atoms with Crippen LogP contribution in [0.1, 0.15) is 12.7 Å². The molecule has 8 heteroatoms. The number of furan rings is 1. The molecule has 7 nitrogen and oxygen atoms in total. The minimum atomic E-state index is -3.05. The van der Waals surface area contributed by atoms with E-state index in [1.165, 1.54) is 11.0 Å². The molecule has 1 aliphatic heterocycles. The number of fused-ring (bicyclic) bond motifs is 1. The first-order valence-electron chi connectivity index (χ1n) is 8.30. The first-order valence-corrected chi connectivity index (χ1v) is 10.1. The summed E-state index contributed by atoms with van der Waals surface area (Å²) >= 11 is 0. The Kier molecular flexibility index (Phi) is 5.13. The fourth-order valence-electron chi connectivity index (χ4n) is 2.77. The summed E-state index contributed by atoms with van der Waals surface area (Å²) in [6.45, 7) is 1.91. The van der Waals surface area contributed by atoms with Crippen LogP contribution in [-0.2, 0) is 19.4 Å². The number of hydrogen-bond donors (Lipinski definition) is 1. The van der Waals surface area contributed by atoms with Gasteiger partial charge in [0.2, 0.25) is 11.8 Å². The van der Waals surface area contributed by atoms with Crippen molar-refractivity contribution in [1.29, 1.82) is 0 Å². The van der Waals surface area contributed by atoms with Crippen molar-refractivity contribution in [2.75, 3.05) is 24.6 Å². The van der Waals surface area contributed by atoms with Crippen LogP contribution in [0, 0.1) is 0 Å². The molecule has 0 bridgehead atoms. The molecule has 26 heavy (non-hydrogen) atoms. The summed E-state index contributed by atoms with van der Waals surface area (Å²) in [6.07, 6.45) is 2.85. The molecule has 1 aliphatic rings. The monoisotopic (exact) mass is 376 g/mol. The van der Waals surface area contributed by atoms with Crippen molar-refractivity contribution in [3.05, 3.63) is 42.2 Å². The molecule has 1 N–H and O–H groups in total. The standard InChI is InChI=1S/C18H20N2O5S/c1-13(18(22)20-8-10-26(23,24)11-9-20)19-17(21)7-6-15-12-14-4-2-3-5-16(14)25-15/h2-7,12-13H,8-11H2,1H3,(H,19,21).